The van der Waals surface area contributed by atoms with Crippen LogP contribution in [-0.2, 0) is 5.44 Å². The van der Waals surface area contributed by atoms with Gasteiger partial charge in [0.15, 0.2) is 0 Å². The highest BCUT2D eigenvalue weighted by atomic mass is 35.5. The Balaban J connectivity index is 1.45. The van der Waals surface area contributed by atoms with E-state index in [0.717, 1.165) is 18.4 Å². The molecule has 1 aliphatic rings. The number of halogens is 2. The van der Waals surface area contributed by atoms with Crippen molar-refractivity contribution in [3.8, 4) is 6.07 Å². The zero-order chi connectivity index (χ0) is 27.9. The number of nitrogens with zero attached hydrogens (tertiary/aromatic N) is 5. The van der Waals surface area contributed by atoms with Crippen LogP contribution in [0.1, 0.15) is 54.2 Å². The Morgan fingerprint density at radius 1 is 1.15 bits per heavy atom. The first-order valence-electron chi connectivity index (χ1n) is 12.9. The lowest BCUT2D eigenvalue weighted by Crippen LogP contribution is -2.37. The number of hydrogen-bond acceptors (Lipinski definition) is 6. The Hall–Kier alpha value is -4.42. The summed E-state index contributed by atoms with van der Waals surface area (Å²) in [6.07, 6.45) is 5.41. The summed E-state index contributed by atoms with van der Waals surface area (Å²) in [5.74, 6) is -0.375. The minimum absolute atomic E-state index is 0.0976. The largest absolute Gasteiger partial charge is 0.378 e. The van der Waals surface area contributed by atoms with Crippen molar-refractivity contribution >= 4 is 41.7 Å². The van der Waals surface area contributed by atoms with Gasteiger partial charge >= 0.3 is 0 Å². The van der Waals surface area contributed by atoms with Crippen molar-refractivity contribution < 1.29 is 4.39 Å². The molecule has 6 rings (SSSR count). The number of anilines is 2. The van der Waals surface area contributed by atoms with Crippen molar-refractivity contribution in [1.29, 1.82) is 5.26 Å². The van der Waals surface area contributed by atoms with E-state index in [9.17, 15) is 9.65 Å². The normalized spacial score (nSPS) is 15.2. The number of nitriles is 1. The highest BCUT2D eigenvalue weighted by molar-refractivity contribution is 6.36. The van der Waals surface area contributed by atoms with Gasteiger partial charge in [0.1, 0.15) is 25.4 Å². The van der Waals surface area contributed by atoms with E-state index in [2.05, 4.69) is 32.0 Å². The number of aromatic nitrogens is 4. The number of benzene rings is 3. The highest BCUT2D eigenvalue weighted by Crippen LogP contribution is 2.39. The van der Waals surface area contributed by atoms with Crippen LogP contribution in [0, 0.1) is 17.1 Å². The van der Waals surface area contributed by atoms with Crippen molar-refractivity contribution in [2.75, 3.05) is 10.6 Å². The van der Waals surface area contributed by atoms with Gasteiger partial charge in [-0.05, 0) is 55.2 Å². The maximum Gasteiger partial charge on any atom is 0.123 e. The number of hydrogen-bond donors (Lipinski definition) is 2. The molecule has 5 aromatic rings. The summed E-state index contributed by atoms with van der Waals surface area (Å²) in [5, 5.41) is 26.5. The lowest BCUT2D eigenvalue weighted by molar-refractivity contribution is 0.610. The number of fused-ring (bicyclic) bond motifs is 1. The summed E-state index contributed by atoms with van der Waals surface area (Å²) in [5.41, 5.74) is 2.87. The van der Waals surface area contributed by atoms with Crippen LogP contribution in [0.5, 0.6) is 0 Å². The van der Waals surface area contributed by atoms with Gasteiger partial charge in [0.25, 0.3) is 0 Å². The molecule has 1 aliphatic carbocycles. The Labute approximate surface area is 237 Å². The van der Waals surface area contributed by atoms with Gasteiger partial charge in [-0.1, -0.05) is 59.3 Å². The summed E-state index contributed by atoms with van der Waals surface area (Å²) in [6, 6.07) is 21.9. The first-order valence-corrected chi connectivity index (χ1v) is 13.3. The fraction of sp³-hybridized carbons (Fsp3) is 0.200. The van der Waals surface area contributed by atoms with E-state index < -0.39 is 5.44 Å². The second-order valence-electron chi connectivity index (χ2n) is 10.0. The number of nitrogens with one attached hydrogen (secondary N) is 2. The fourth-order valence-electron chi connectivity index (χ4n) is 4.81. The van der Waals surface area contributed by atoms with Crippen LogP contribution in [0.15, 0.2) is 79.1 Å². The first kappa shape index (κ1) is 25.8. The highest BCUT2D eigenvalue weighted by Gasteiger charge is 2.34. The molecular weight excluding hydrogens is 524 g/mol. The molecule has 2 atom stereocenters. The summed E-state index contributed by atoms with van der Waals surface area (Å²) < 4.78 is 15.7. The molecule has 1 unspecified atom stereocenters. The summed E-state index contributed by atoms with van der Waals surface area (Å²) in [6.45, 7) is 2.02. The molecule has 0 spiro atoms. The molecule has 2 N–H and O–H groups in total. The second-order valence-corrected chi connectivity index (χ2v) is 10.5. The van der Waals surface area contributed by atoms with Gasteiger partial charge in [-0.15, -0.1) is 5.10 Å². The van der Waals surface area contributed by atoms with E-state index in [-0.39, 0.29) is 11.9 Å². The van der Waals surface area contributed by atoms with Gasteiger partial charge in [-0.25, -0.2) is 9.07 Å². The van der Waals surface area contributed by atoms with Gasteiger partial charge in [0.2, 0.25) is 0 Å². The number of rotatable bonds is 8. The van der Waals surface area contributed by atoms with E-state index in [0.29, 0.717) is 50.2 Å². The van der Waals surface area contributed by atoms with Crippen LogP contribution in [0.4, 0.5) is 15.8 Å². The molecule has 196 valence electrons. The summed E-state index contributed by atoms with van der Waals surface area (Å²) in [4.78, 5) is 4.46. The molecular formula is C30H24BClFN7. The van der Waals surface area contributed by atoms with Crippen molar-refractivity contribution in [2.45, 2.75) is 37.3 Å². The molecule has 2 aromatic heterocycles. The zero-order valence-electron chi connectivity index (χ0n) is 21.6. The van der Waals surface area contributed by atoms with Crippen LogP contribution in [0.3, 0.4) is 0 Å². The quantitative estimate of drug-likeness (QED) is 0.216. The van der Waals surface area contributed by atoms with Crippen molar-refractivity contribution in [3.05, 3.63) is 112 Å². The van der Waals surface area contributed by atoms with Crippen LogP contribution < -0.4 is 10.6 Å². The average Bonchev–Trinajstić information content (AvgIpc) is 3.69. The van der Waals surface area contributed by atoms with Crippen molar-refractivity contribution in [1.82, 2.24) is 20.0 Å². The lowest BCUT2D eigenvalue weighted by Gasteiger charge is -2.32. The second kappa shape index (κ2) is 10.3. The minimum atomic E-state index is -1.36. The Morgan fingerprint density at radius 3 is 2.60 bits per heavy atom. The molecule has 0 amide bonds. The van der Waals surface area contributed by atoms with Gasteiger partial charge < -0.3 is 10.6 Å². The molecule has 0 aliphatic heterocycles. The van der Waals surface area contributed by atoms with E-state index in [4.69, 9.17) is 19.4 Å². The molecule has 7 nitrogen and oxygen atoms in total. The van der Waals surface area contributed by atoms with Gasteiger partial charge in [0, 0.05) is 23.3 Å². The molecule has 1 saturated carbocycles. The minimum Gasteiger partial charge on any atom is -0.378 e. The maximum absolute atomic E-state index is 13.8. The van der Waals surface area contributed by atoms with E-state index in [1.165, 1.54) is 18.3 Å². The number of pyridine rings is 1. The van der Waals surface area contributed by atoms with Crippen LogP contribution in [0.25, 0.3) is 10.9 Å². The van der Waals surface area contributed by atoms with Crippen molar-refractivity contribution in [3.63, 3.8) is 0 Å². The molecule has 3 aromatic carbocycles. The molecule has 1 fully saturated rings. The maximum atomic E-state index is 13.8. The Kier molecular flexibility index (Phi) is 6.64. The van der Waals surface area contributed by atoms with Crippen LogP contribution in [-0.4, -0.2) is 27.8 Å². The average molecular weight is 548 g/mol. The van der Waals surface area contributed by atoms with Crippen LogP contribution >= 0.6 is 11.6 Å². The third-order valence-corrected chi connectivity index (χ3v) is 7.47. The Morgan fingerprint density at radius 2 is 1.90 bits per heavy atom. The van der Waals surface area contributed by atoms with E-state index in [1.54, 1.807) is 18.2 Å². The zero-order valence-corrected chi connectivity index (χ0v) is 22.4. The molecule has 2 radical (unpaired) electrons. The molecule has 10 heteroatoms. The monoisotopic (exact) mass is 547 g/mol. The van der Waals surface area contributed by atoms with E-state index >= 15 is 0 Å². The Bertz CT molecular complexity index is 1730. The van der Waals surface area contributed by atoms with Crippen molar-refractivity contribution in [2.24, 2.45) is 0 Å². The SMILES string of the molecule is [B]C(Nc1cc(Cl)c2ncc(C#N)c(N[C@H](C)c3ccccc3)c2c1)(c1ccc(F)cc1)c1cn(C2CC2)nn1. The molecule has 0 saturated heterocycles. The molecule has 40 heavy (non-hydrogen) atoms. The summed E-state index contributed by atoms with van der Waals surface area (Å²) >= 11 is 6.74. The molecule has 0 bridgehead atoms. The first-order chi connectivity index (χ1) is 19.4. The van der Waals surface area contributed by atoms with Gasteiger partial charge in [0.05, 0.1) is 39.5 Å². The topological polar surface area (TPSA) is 91.5 Å². The lowest BCUT2D eigenvalue weighted by atomic mass is 9.69. The fourth-order valence-corrected chi connectivity index (χ4v) is 5.08. The van der Waals surface area contributed by atoms with Gasteiger partial charge in [-0.2, -0.15) is 5.26 Å². The third kappa shape index (κ3) is 4.87. The predicted octanol–water partition coefficient (Wildman–Crippen LogP) is 6.48. The third-order valence-electron chi connectivity index (χ3n) is 7.18. The van der Waals surface area contributed by atoms with Gasteiger partial charge in [-0.3, -0.25) is 4.98 Å². The standard InChI is InChI=1S/C30H24BClFN7/c1-18(19-5-3-2-4-6-19)36-28-20(15-34)16-35-29-25(28)13-23(14-26(29)32)37-30(31,21-7-9-22(33)10-8-21)27-17-40(39-38-27)24-11-12-24/h2-10,13-14,16-18,24,37H,11-12H2,1H3,(H,35,36)/t18-,30?/m1/s1. The van der Waals surface area contributed by atoms with E-state index in [1.807, 2.05) is 54.2 Å². The predicted molar refractivity (Wildman–Crippen MR) is 155 cm³/mol. The molecule has 2 heterocycles. The van der Waals surface area contributed by atoms with Crippen LogP contribution in [0.2, 0.25) is 5.02 Å². The summed E-state index contributed by atoms with van der Waals surface area (Å²) in [7, 11) is 7.03. The smallest absolute Gasteiger partial charge is 0.123 e.